The van der Waals surface area contributed by atoms with Gasteiger partial charge in [-0.25, -0.2) is 4.79 Å². The number of esters is 1. The van der Waals surface area contributed by atoms with E-state index in [0.29, 0.717) is 17.3 Å². The summed E-state index contributed by atoms with van der Waals surface area (Å²) in [4.78, 5) is 18.8. The van der Waals surface area contributed by atoms with Crippen LogP contribution in [-0.4, -0.2) is 59.7 Å². The van der Waals surface area contributed by atoms with Gasteiger partial charge in [-0.15, -0.1) is 11.3 Å². The molecule has 1 aromatic carbocycles. The van der Waals surface area contributed by atoms with E-state index in [1.165, 1.54) is 32.1 Å². The van der Waals surface area contributed by atoms with E-state index < -0.39 is 0 Å². The standard InChI is InChI=1S/C28H35N3O2S2/c1-2-33-27(32)23-17-24(20-6-4-3-5-7-20)35-26(23)29-28(34)31-10-8-30(9-11-31)25-21-13-18-12-19(15-21)16-22(25)14-18/h3-7,17-19,21-22,25H,2,8-16H2,1H3,(H,29,34). The summed E-state index contributed by atoms with van der Waals surface area (Å²) in [7, 11) is 0. The normalized spacial score (nSPS) is 29.9. The molecule has 2 heterocycles. The van der Waals surface area contributed by atoms with E-state index in [2.05, 4.69) is 27.2 Å². The second kappa shape index (κ2) is 9.83. The number of carbonyl (C=O) groups is 1. The number of nitrogens with zero attached hydrogens (tertiary/aromatic N) is 2. The highest BCUT2D eigenvalue weighted by Crippen LogP contribution is 2.55. The first-order valence-corrected chi connectivity index (χ1v) is 14.5. The lowest BCUT2D eigenvalue weighted by atomic mass is 9.54. The number of hydrogen-bond acceptors (Lipinski definition) is 5. The Balaban J connectivity index is 1.12. The Kier molecular flexibility index (Phi) is 6.58. The summed E-state index contributed by atoms with van der Waals surface area (Å²) in [6.07, 6.45) is 7.39. The quantitative estimate of drug-likeness (QED) is 0.410. The van der Waals surface area contributed by atoms with Crippen molar-refractivity contribution in [3.8, 4) is 10.4 Å². The molecule has 2 aromatic rings. The number of benzene rings is 1. The molecule has 4 saturated carbocycles. The van der Waals surface area contributed by atoms with Gasteiger partial charge in [0.05, 0.1) is 12.2 Å². The van der Waals surface area contributed by atoms with E-state index in [-0.39, 0.29) is 5.97 Å². The van der Waals surface area contributed by atoms with Crippen LogP contribution in [0.3, 0.4) is 0 Å². The number of rotatable bonds is 5. The molecule has 0 radical (unpaired) electrons. The molecule has 5 aliphatic rings. The third kappa shape index (κ3) is 4.63. The SMILES string of the molecule is CCOC(=O)c1cc(-c2ccccc2)sc1NC(=S)N1CCN(C2C3CC4CC(C3)CC2C4)CC1. The maximum atomic E-state index is 12.7. The van der Waals surface area contributed by atoms with Crippen LogP contribution in [-0.2, 0) is 4.74 Å². The number of piperazine rings is 1. The molecular formula is C28H35N3O2S2. The number of hydrogen-bond donors (Lipinski definition) is 1. The van der Waals surface area contributed by atoms with Gasteiger partial charge in [-0.3, -0.25) is 4.90 Å². The number of carbonyl (C=O) groups excluding carboxylic acids is 1. The van der Waals surface area contributed by atoms with Crippen LogP contribution < -0.4 is 5.32 Å². The van der Waals surface area contributed by atoms with Gasteiger partial charge in [0.2, 0.25) is 0 Å². The van der Waals surface area contributed by atoms with Crippen LogP contribution in [0.2, 0.25) is 0 Å². The predicted molar refractivity (Wildman–Crippen MR) is 146 cm³/mol. The zero-order chi connectivity index (χ0) is 23.9. The van der Waals surface area contributed by atoms with Gasteiger partial charge in [0.1, 0.15) is 5.00 Å². The van der Waals surface area contributed by atoms with Crippen molar-refractivity contribution in [3.63, 3.8) is 0 Å². The molecule has 0 amide bonds. The highest BCUT2D eigenvalue weighted by atomic mass is 32.1. The highest BCUT2D eigenvalue weighted by Gasteiger charge is 2.50. The summed E-state index contributed by atoms with van der Waals surface area (Å²) in [5.74, 6) is 3.59. The molecule has 186 valence electrons. The van der Waals surface area contributed by atoms with Gasteiger partial charge in [0.15, 0.2) is 5.11 Å². The average molecular weight is 510 g/mol. The molecule has 35 heavy (non-hydrogen) atoms. The minimum atomic E-state index is -0.303. The summed E-state index contributed by atoms with van der Waals surface area (Å²) in [6.45, 7) is 6.24. The van der Waals surface area contributed by atoms with Crippen LogP contribution >= 0.6 is 23.6 Å². The molecule has 4 bridgehead atoms. The van der Waals surface area contributed by atoms with Crippen molar-refractivity contribution in [1.29, 1.82) is 0 Å². The van der Waals surface area contributed by atoms with E-state index >= 15 is 0 Å². The summed E-state index contributed by atoms with van der Waals surface area (Å²) in [5.41, 5.74) is 1.65. The van der Waals surface area contributed by atoms with Gasteiger partial charge in [-0.1, -0.05) is 30.3 Å². The molecule has 7 rings (SSSR count). The number of thiocarbonyl (C=S) groups is 1. The van der Waals surface area contributed by atoms with Gasteiger partial charge in [-0.2, -0.15) is 0 Å². The molecule has 5 nitrogen and oxygen atoms in total. The Hall–Kier alpha value is -1.96. The van der Waals surface area contributed by atoms with Gasteiger partial charge >= 0.3 is 5.97 Å². The largest absolute Gasteiger partial charge is 0.462 e. The summed E-state index contributed by atoms with van der Waals surface area (Å²) < 4.78 is 5.34. The van der Waals surface area contributed by atoms with Crippen molar-refractivity contribution in [2.75, 3.05) is 38.1 Å². The molecule has 0 unspecified atom stereocenters. The molecule has 4 aliphatic carbocycles. The number of nitrogens with one attached hydrogen (secondary N) is 1. The Morgan fingerprint density at radius 2 is 1.69 bits per heavy atom. The zero-order valence-electron chi connectivity index (χ0n) is 20.4. The van der Waals surface area contributed by atoms with Crippen molar-refractivity contribution < 1.29 is 9.53 Å². The molecule has 1 saturated heterocycles. The molecule has 1 N–H and O–H groups in total. The van der Waals surface area contributed by atoms with Gasteiger partial charge in [0.25, 0.3) is 0 Å². The summed E-state index contributed by atoms with van der Waals surface area (Å²) in [5, 5.41) is 4.90. The van der Waals surface area contributed by atoms with E-state index in [4.69, 9.17) is 17.0 Å². The minimum Gasteiger partial charge on any atom is -0.462 e. The first-order valence-electron chi connectivity index (χ1n) is 13.3. The molecular weight excluding hydrogens is 474 g/mol. The maximum Gasteiger partial charge on any atom is 0.341 e. The minimum absolute atomic E-state index is 0.303. The van der Waals surface area contributed by atoms with E-state index in [1.54, 1.807) is 11.3 Å². The van der Waals surface area contributed by atoms with Crippen LogP contribution in [0.4, 0.5) is 5.00 Å². The fourth-order valence-corrected chi connectivity index (χ4v) is 8.88. The van der Waals surface area contributed by atoms with Crippen molar-refractivity contribution >= 4 is 39.6 Å². The van der Waals surface area contributed by atoms with Crippen LogP contribution in [0.15, 0.2) is 36.4 Å². The molecule has 0 atom stereocenters. The second-order valence-corrected chi connectivity index (χ2v) is 12.3. The Morgan fingerprint density at radius 1 is 1.03 bits per heavy atom. The van der Waals surface area contributed by atoms with Gasteiger partial charge < -0.3 is 15.0 Å². The van der Waals surface area contributed by atoms with E-state index in [0.717, 1.165) is 71.3 Å². The number of anilines is 1. The first-order chi connectivity index (χ1) is 17.1. The van der Waals surface area contributed by atoms with E-state index in [9.17, 15) is 4.79 Å². The molecule has 0 spiro atoms. The van der Waals surface area contributed by atoms with Crippen LogP contribution in [0.5, 0.6) is 0 Å². The molecule has 7 heteroatoms. The van der Waals surface area contributed by atoms with E-state index in [1.807, 2.05) is 31.2 Å². The fraction of sp³-hybridized carbons (Fsp3) is 0.571. The highest BCUT2D eigenvalue weighted by molar-refractivity contribution is 7.80. The molecule has 5 fully saturated rings. The first kappa shape index (κ1) is 23.4. The lowest BCUT2D eigenvalue weighted by molar-refractivity contribution is -0.0726. The Morgan fingerprint density at radius 3 is 2.31 bits per heavy atom. The Bertz CT molecular complexity index is 1050. The predicted octanol–water partition coefficient (Wildman–Crippen LogP) is 5.73. The number of thiophene rings is 1. The molecule has 1 aliphatic heterocycles. The van der Waals surface area contributed by atoms with Crippen molar-refractivity contribution in [1.82, 2.24) is 9.80 Å². The van der Waals surface area contributed by atoms with Crippen molar-refractivity contribution in [2.45, 2.75) is 45.1 Å². The van der Waals surface area contributed by atoms with Crippen LogP contribution in [0.25, 0.3) is 10.4 Å². The van der Waals surface area contributed by atoms with Crippen molar-refractivity contribution in [3.05, 3.63) is 42.0 Å². The van der Waals surface area contributed by atoms with Crippen LogP contribution in [0.1, 0.15) is 49.4 Å². The van der Waals surface area contributed by atoms with Gasteiger partial charge in [-0.05, 0) is 86.5 Å². The summed E-state index contributed by atoms with van der Waals surface area (Å²) >= 11 is 7.40. The van der Waals surface area contributed by atoms with Gasteiger partial charge in [0, 0.05) is 37.1 Å². The van der Waals surface area contributed by atoms with Crippen molar-refractivity contribution in [2.24, 2.45) is 23.7 Å². The zero-order valence-corrected chi connectivity index (χ0v) is 22.1. The Labute approximate surface area is 217 Å². The lowest BCUT2D eigenvalue weighted by Crippen LogP contribution is -2.60. The smallest absolute Gasteiger partial charge is 0.341 e. The fourth-order valence-electron chi connectivity index (χ4n) is 7.48. The monoisotopic (exact) mass is 509 g/mol. The topological polar surface area (TPSA) is 44.8 Å². The lowest BCUT2D eigenvalue weighted by Gasteiger charge is -2.58. The maximum absolute atomic E-state index is 12.7. The third-order valence-electron chi connectivity index (χ3n) is 8.71. The second-order valence-electron chi connectivity index (χ2n) is 10.8. The number of ether oxygens (including phenoxy) is 1. The third-order valence-corrected chi connectivity index (χ3v) is 10.2. The summed E-state index contributed by atoms with van der Waals surface area (Å²) in [6, 6.07) is 12.9. The average Bonchev–Trinajstić information content (AvgIpc) is 3.28. The van der Waals surface area contributed by atoms with Crippen LogP contribution in [0, 0.1) is 23.7 Å². The molecule has 1 aromatic heterocycles.